The van der Waals surface area contributed by atoms with E-state index in [0.717, 1.165) is 0 Å². The molecule has 0 aliphatic heterocycles. The molecule has 0 heterocycles. The molecule has 2 aromatic carbocycles. The van der Waals surface area contributed by atoms with Gasteiger partial charge in [0.25, 0.3) is 11.8 Å². The summed E-state index contributed by atoms with van der Waals surface area (Å²) in [6, 6.07) is 16.6. The summed E-state index contributed by atoms with van der Waals surface area (Å²) >= 11 is 0. The molecular weight excluding hydrogens is 330 g/mol. The van der Waals surface area contributed by atoms with Crippen LogP contribution in [0.4, 0.5) is 0 Å². The Morgan fingerprint density at radius 3 is 2.08 bits per heavy atom. The van der Waals surface area contributed by atoms with Gasteiger partial charge in [-0.25, -0.2) is 0 Å². The van der Waals surface area contributed by atoms with Crippen molar-refractivity contribution in [1.29, 1.82) is 0 Å². The first-order valence-corrected chi connectivity index (χ1v) is 8.11. The van der Waals surface area contributed by atoms with Gasteiger partial charge in [0, 0.05) is 17.7 Å². The smallest absolute Gasteiger partial charge is 0.265 e. The number of hydrogen-bond donors (Lipinski definition) is 3. The molecule has 6 nitrogen and oxygen atoms in total. The molecule has 0 bridgehead atoms. The maximum Gasteiger partial charge on any atom is 0.265 e. The number of nitrogens with one attached hydrogen (secondary N) is 3. The van der Waals surface area contributed by atoms with Gasteiger partial charge in [-0.1, -0.05) is 55.1 Å². The van der Waals surface area contributed by atoms with Gasteiger partial charge in [0.2, 0.25) is 0 Å². The summed E-state index contributed by atoms with van der Waals surface area (Å²) in [4.78, 5) is 36.1. The molecule has 6 heteroatoms. The fourth-order valence-corrected chi connectivity index (χ4v) is 2.32. The zero-order chi connectivity index (χ0) is 18.9. The van der Waals surface area contributed by atoms with E-state index in [1.807, 2.05) is 12.1 Å². The summed E-state index contributed by atoms with van der Waals surface area (Å²) in [7, 11) is 0. The molecule has 0 aliphatic carbocycles. The number of rotatable bonds is 8. The zero-order valence-electron chi connectivity index (χ0n) is 14.5. The highest BCUT2D eigenvalue weighted by atomic mass is 16.2. The molecule has 2 rings (SSSR count). The topological polar surface area (TPSA) is 87.3 Å². The van der Waals surface area contributed by atoms with Gasteiger partial charge < -0.3 is 10.7 Å². The van der Waals surface area contributed by atoms with Gasteiger partial charge in [0.15, 0.2) is 0 Å². The lowest BCUT2D eigenvalue weighted by Crippen LogP contribution is -2.45. The largest absolute Gasteiger partial charge is 0.336 e. The molecular formula is C20H21N3O3. The number of allylic oxidation sites excluding steroid dienone is 1. The molecule has 0 saturated heterocycles. The number of carbonyl (C=O) groups is 3. The summed E-state index contributed by atoms with van der Waals surface area (Å²) in [5.74, 6) is -0.906. The van der Waals surface area contributed by atoms with Crippen molar-refractivity contribution in [3.05, 3.63) is 84.1 Å². The highest BCUT2D eigenvalue weighted by Crippen LogP contribution is 2.14. The number of benzene rings is 2. The van der Waals surface area contributed by atoms with Crippen molar-refractivity contribution in [3.63, 3.8) is 0 Å². The van der Waals surface area contributed by atoms with Crippen LogP contribution in [0, 0.1) is 0 Å². The van der Waals surface area contributed by atoms with Gasteiger partial charge >= 0.3 is 0 Å². The van der Waals surface area contributed by atoms with Gasteiger partial charge in [0.05, 0.1) is 0 Å². The summed E-state index contributed by atoms with van der Waals surface area (Å²) < 4.78 is 0. The first-order valence-electron chi connectivity index (χ1n) is 8.11. The maximum atomic E-state index is 12.6. The Morgan fingerprint density at radius 2 is 1.50 bits per heavy atom. The van der Waals surface area contributed by atoms with Gasteiger partial charge in [-0.3, -0.25) is 19.8 Å². The van der Waals surface area contributed by atoms with Crippen molar-refractivity contribution in [1.82, 2.24) is 16.2 Å². The van der Waals surface area contributed by atoms with Crippen LogP contribution in [0.15, 0.2) is 72.9 Å². The molecule has 0 radical (unpaired) electrons. The second kappa shape index (κ2) is 9.17. The minimum absolute atomic E-state index is 0.0752. The monoisotopic (exact) mass is 351 g/mol. The van der Waals surface area contributed by atoms with Gasteiger partial charge in [0.1, 0.15) is 11.8 Å². The first kappa shape index (κ1) is 18.9. The molecule has 26 heavy (non-hydrogen) atoms. The molecule has 0 aliphatic rings. The number of ketones is 1. The molecule has 2 amide bonds. The lowest BCUT2D eigenvalue weighted by molar-refractivity contribution is -0.124. The number of hydrazine groups is 1. The lowest BCUT2D eigenvalue weighted by Gasteiger charge is -2.20. The van der Waals surface area contributed by atoms with E-state index in [1.54, 1.807) is 48.5 Å². The van der Waals surface area contributed by atoms with Crippen LogP contribution in [-0.2, 0) is 9.59 Å². The van der Waals surface area contributed by atoms with Gasteiger partial charge in [-0.05, 0) is 24.6 Å². The van der Waals surface area contributed by atoms with Crippen LogP contribution in [0.2, 0.25) is 0 Å². The van der Waals surface area contributed by atoms with E-state index >= 15 is 0 Å². The molecule has 134 valence electrons. The van der Waals surface area contributed by atoms with Crippen LogP contribution in [0.1, 0.15) is 35.3 Å². The molecule has 0 spiro atoms. The van der Waals surface area contributed by atoms with E-state index in [-0.39, 0.29) is 18.1 Å². The normalized spacial score (nSPS) is 11.1. The maximum absolute atomic E-state index is 12.6. The third-order valence-corrected chi connectivity index (χ3v) is 3.53. The second-order valence-corrected chi connectivity index (χ2v) is 5.78. The van der Waals surface area contributed by atoms with E-state index in [1.165, 1.54) is 6.92 Å². The van der Waals surface area contributed by atoms with E-state index in [0.29, 0.717) is 16.8 Å². The quantitative estimate of drug-likeness (QED) is 0.637. The van der Waals surface area contributed by atoms with Crippen molar-refractivity contribution in [2.75, 3.05) is 0 Å². The summed E-state index contributed by atoms with van der Waals surface area (Å²) in [6.45, 7) is 5.11. The Bertz CT molecular complexity index is 788. The Balaban J connectivity index is 2.11. The molecule has 0 fully saturated rings. The second-order valence-electron chi connectivity index (χ2n) is 5.78. The standard InChI is InChI=1S/C20H21N3O3/c1-14(13-15(2)24)22-23-20(26)18(16-9-5-3-6-10-16)21-19(25)17-11-7-4-8-12-17/h3-12,18,22H,1,13H2,2H3,(H,21,25)(H,23,26). The Labute approximate surface area is 152 Å². The molecule has 1 unspecified atom stereocenters. The SMILES string of the molecule is C=C(CC(C)=O)NNC(=O)C(NC(=O)c1ccccc1)c1ccccc1. The van der Waals surface area contributed by atoms with Crippen LogP contribution in [0.5, 0.6) is 0 Å². The summed E-state index contributed by atoms with van der Waals surface area (Å²) in [5, 5.41) is 2.73. The Morgan fingerprint density at radius 1 is 0.923 bits per heavy atom. The van der Waals surface area contributed by atoms with Gasteiger partial charge in [-0.15, -0.1) is 0 Å². The Kier molecular flexibility index (Phi) is 6.68. The van der Waals surface area contributed by atoms with Crippen LogP contribution in [-0.4, -0.2) is 17.6 Å². The highest BCUT2D eigenvalue weighted by molar-refractivity contribution is 5.97. The summed E-state index contributed by atoms with van der Waals surface area (Å²) in [5.41, 5.74) is 6.55. The van der Waals surface area contributed by atoms with Crippen molar-refractivity contribution >= 4 is 17.6 Å². The van der Waals surface area contributed by atoms with Crippen molar-refractivity contribution < 1.29 is 14.4 Å². The minimum atomic E-state index is -0.901. The van der Waals surface area contributed by atoms with Crippen LogP contribution in [0.25, 0.3) is 0 Å². The lowest BCUT2D eigenvalue weighted by atomic mass is 10.1. The average molecular weight is 351 g/mol. The van der Waals surface area contributed by atoms with E-state index in [4.69, 9.17) is 0 Å². The first-order chi connectivity index (χ1) is 12.5. The third kappa shape index (κ3) is 5.59. The number of amides is 2. The zero-order valence-corrected chi connectivity index (χ0v) is 14.5. The fourth-order valence-electron chi connectivity index (χ4n) is 2.32. The van der Waals surface area contributed by atoms with Crippen LogP contribution in [0.3, 0.4) is 0 Å². The number of Topliss-reactive ketones (excluding diaryl/α,β-unsaturated/α-hetero) is 1. The number of carbonyl (C=O) groups excluding carboxylic acids is 3. The Hall–Kier alpha value is -3.41. The van der Waals surface area contributed by atoms with Crippen molar-refractivity contribution in [2.45, 2.75) is 19.4 Å². The summed E-state index contributed by atoms with van der Waals surface area (Å²) in [6.07, 6.45) is 0.104. The molecule has 0 saturated carbocycles. The molecule has 3 N–H and O–H groups in total. The van der Waals surface area contributed by atoms with Crippen LogP contribution >= 0.6 is 0 Å². The average Bonchev–Trinajstić information content (AvgIpc) is 2.65. The van der Waals surface area contributed by atoms with Crippen molar-refractivity contribution in [3.8, 4) is 0 Å². The third-order valence-electron chi connectivity index (χ3n) is 3.53. The van der Waals surface area contributed by atoms with E-state index in [2.05, 4.69) is 22.7 Å². The van der Waals surface area contributed by atoms with Crippen molar-refractivity contribution in [2.24, 2.45) is 0 Å². The number of hydrogen-bond acceptors (Lipinski definition) is 4. The van der Waals surface area contributed by atoms with Gasteiger partial charge in [-0.2, -0.15) is 0 Å². The molecule has 1 atom stereocenters. The fraction of sp³-hybridized carbons (Fsp3) is 0.150. The predicted octanol–water partition coefficient (Wildman–Crippen LogP) is 2.27. The van der Waals surface area contributed by atoms with E-state index < -0.39 is 11.9 Å². The minimum Gasteiger partial charge on any atom is -0.336 e. The van der Waals surface area contributed by atoms with E-state index in [9.17, 15) is 14.4 Å². The van der Waals surface area contributed by atoms with Crippen LogP contribution < -0.4 is 16.2 Å². The molecule has 2 aromatic rings. The molecule has 0 aromatic heterocycles. The highest BCUT2D eigenvalue weighted by Gasteiger charge is 2.23. The predicted molar refractivity (Wildman–Crippen MR) is 98.8 cm³/mol.